The van der Waals surface area contributed by atoms with Gasteiger partial charge >= 0.3 is 0 Å². The van der Waals surface area contributed by atoms with E-state index in [1.165, 1.54) is 18.4 Å². The lowest BCUT2D eigenvalue weighted by Gasteiger charge is -2.11. The third-order valence-electron chi connectivity index (χ3n) is 2.46. The number of benzene rings is 1. The summed E-state index contributed by atoms with van der Waals surface area (Å²) in [5.41, 5.74) is 1.26. The van der Waals surface area contributed by atoms with Crippen LogP contribution in [-0.4, -0.2) is 13.2 Å². The maximum Gasteiger partial charge on any atom is 0.123 e. The summed E-state index contributed by atoms with van der Waals surface area (Å²) < 4.78 is 5.70. The van der Waals surface area contributed by atoms with E-state index in [1.54, 1.807) is 0 Å². The summed E-state index contributed by atoms with van der Waals surface area (Å²) in [4.78, 5) is 0. The lowest BCUT2D eigenvalue weighted by atomic mass is 10.2. The van der Waals surface area contributed by atoms with E-state index in [4.69, 9.17) is 4.74 Å². The summed E-state index contributed by atoms with van der Waals surface area (Å²) in [6.07, 6.45) is 3.52. The molecular formula is C14H23NO. The van der Waals surface area contributed by atoms with Crippen LogP contribution in [-0.2, 0) is 6.54 Å². The first kappa shape index (κ1) is 13.0. The van der Waals surface area contributed by atoms with Crippen molar-refractivity contribution in [2.45, 2.75) is 39.7 Å². The Bertz CT molecular complexity index is 286. The first-order chi connectivity index (χ1) is 7.88. The Morgan fingerprint density at radius 3 is 2.69 bits per heavy atom. The molecule has 90 valence electrons. The fraction of sp³-hybridized carbons (Fsp3) is 0.571. The lowest BCUT2D eigenvalue weighted by molar-refractivity contribution is 0.313. The number of hydrogen-bond acceptors (Lipinski definition) is 2. The molecule has 2 nitrogen and oxygen atoms in total. The molecule has 0 fully saturated rings. The van der Waals surface area contributed by atoms with Crippen molar-refractivity contribution in [3.63, 3.8) is 0 Å². The largest absolute Gasteiger partial charge is 0.493 e. The summed E-state index contributed by atoms with van der Waals surface area (Å²) in [6, 6.07) is 8.27. The molecule has 0 saturated carbocycles. The summed E-state index contributed by atoms with van der Waals surface area (Å²) in [7, 11) is 0. The molecule has 0 aliphatic heterocycles. The molecule has 0 amide bonds. The van der Waals surface area contributed by atoms with Gasteiger partial charge in [-0.25, -0.2) is 0 Å². The van der Waals surface area contributed by atoms with Gasteiger partial charge in [-0.15, -0.1) is 0 Å². The van der Waals surface area contributed by atoms with Crippen LogP contribution in [0.2, 0.25) is 0 Å². The number of para-hydroxylation sites is 1. The number of unbranched alkanes of at least 4 members (excludes halogenated alkanes) is 1. The molecule has 0 aromatic heterocycles. The molecule has 0 spiro atoms. The van der Waals surface area contributed by atoms with Crippen LogP contribution in [0.5, 0.6) is 5.75 Å². The number of nitrogens with one attached hydrogen (secondary N) is 1. The highest BCUT2D eigenvalue weighted by molar-refractivity contribution is 5.33. The quantitative estimate of drug-likeness (QED) is 0.680. The van der Waals surface area contributed by atoms with Gasteiger partial charge in [-0.2, -0.15) is 0 Å². The van der Waals surface area contributed by atoms with Gasteiger partial charge in [0.15, 0.2) is 0 Å². The molecule has 0 saturated heterocycles. The molecule has 1 aromatic rings. The topological polar surface area (TPSA) is 21.3 Å². The minimum Gasteiger partial charge on any atom is -0.493 e. The maximum absolute atomic E-state index is 5.70. The van der Waals surface area contributed by atoms with Gasteiger partial charge in [0.2, 0.25) is 0 Å². The van der Waals surface area contributed by atoms with Crippen molar-refractivity contribution in [3.8, 4) is 5.75 Å². The van der Waals surface area contributed by atoms with E-state index >= 15 is 0 Å². The van der Waals surface area contributed by atoms with Gasteiger partial charge in [0.25, 0.3) is 0 Å². The normalized spacial score (nSPS) is 10.4. The van der Waals surface area contributed by atoms with Gasteiger partial charge in [0.05, 0.1) is 6.61 Å². The minimum atomic E-state index is 0.798. The summed E-state index contributed by atoms with van der Waals surface area (Å²) in [5.74, 6) is 1.02. The van der Waals surface area contributed by atoms with Crippen molar-refractivity contribution in [1.29, 1.82) is 0 Å². The lowest BCUT2D eigenvalue weighted by Crippen LogP contribution is -2.15. The fourth-order valence-electron chi connectivity index (χ4n) is 1.53. The Balaban J connectivity index is 2.43. The van der Waals surface area contributed by atoms with Crippen molar-refractivity contribution in [2.24, 2.45) is 0 Å². The van der Waals surface area contributed by atoms with Crippen LogP contribution in [0, 0.1) is 0 Å². The molecule has 0 bridgehead atoms. The van der Waals surface area contributed by atoms with E-state index in [0.29, 0.717) is 0 Å². The Morgan fingerprint density at radius 2 is 1.94 bits per heavy atom. The molecule has 0 unspecified atom stereocenters. The summed E-state index contributed by atoms with van der Waals surface area (Å²) >= 11 is 0. The molecule has 0 atom stereocenters. The molecule has 0 aliphatic rings. The molecule has 2 heteroatoms. The van der Waals surface area contributed by atoms with E-state index in [1.807, 2.05) is 12.1 Å². The Morgan fingerprint density at radius 1 is 1.12 bits per heavy atom. The molecule has 1 aromatic carbocycles. The van der Waals surface area contributed by atoms with E-state index < -0.39 is 0 Å². The van der Waals surface area contributed by atoms with Crippen LogP contribution in [0.15, 0.2) is 24.3 Å². The van der Waals surface area contributed by atoms with Gasteiger partial charge in [-0.05, 0) is 25.5 Å². The maximum atomic E-state index is 5.70. The average molecular weight is 221 g/mol. The third kappa shape index (κ3) is 4.67. The van der Waals surface area contributed by atoms with E-state index in [2.05, 4.69) is 31.3 Å². The predicted molar refractivity (Wildman–Crippen MR) is 68.8 cm³/mol. The molecule has 16 heavy (non-hydrogen) atoms. The molecular weight excluding hydrogens is 198 g/mol. The van der Waals surface area contributed by atoms with Gasteiger partial charge < -0.3 is 10.1 Å². The number of ether oxygens (including phenoxy) is 1. The van der Waals surface area contributed by atoms with E-state index in [9.17, 15) is 0 Å². The molecule has 1 rings (SSSR count). The van der Waals surface area contributed by atoms with Crippen molar-refractivity contribution >= 4 is 0 Å². The zero-order valence-electron chi connectivity index (χ0n) is 10.5. The fourth-order valence-corrected chi connectivity index (χ4v) is 1.53. The van der Waals surface area contributed by atoms with Crippen molar-refractivity contribution < 1.29 is 4.74 Å². The molecule has 0 heterocycles. The second-order valence-electron chi connectivity index (χ2n) is 3.99. The second kappa shape index (κ2) is 8.17. The van der Waals surface area contributed by atoms with Crippen molar-refractivity contribution in [3.05, 3.63) is 29.8 Å². The minimum absolute atomic E-state index is 0.798. The zero-order valence-corrected chi connectivity index (χ0v) is 10.5. The standard InChI is InChI=1S/C14H23NO/c1-3-5-10-15-12-13-8-6-7-9-14(13)16-11-4-2/h6-9,15H,3-5,10-12H2,1-2H3. The summed E-state index contributed by atoms with van der Waals surface area (Å²) in [5, 5.41) is 3.44. The Labute approximate surface area is 99.0 Å². The Hall–Kier alpha value is -1.02. The average Bonchev–Trinajstić information content (AvgIpc) is 2.33. The van der Waals surface area contributed by atoms with Crippen LogP contribution in [0.1, 0.15) is 38.7 Å². The highest BCUT2D eigenvalue weighted by atomic mass is 16.5. The van der Waals surface area contributed by atoms with Gasteiger partial charge in [0, 0.05) is 12.1 Å². The van der Waals surface area contributed by atoms with Crippen molar-refractivity contribution in [2.75, 3.05) is 13.2 Å². The van der Waals surface area contributed by atoms with Crippen LogP contribution in [0.25, 0.3) is 0 Å². The third-order valence-corrected chi connectivity index (χ3v) is 2.46. The van der Waals surface area contributed by atoms with Gasteiger partial charge in [0.1, 0.15) is 5.75 Å². The van der Waals surface area contributed by atoms with Crippen LogP contribution < -0.4 is 10.1 Å². The molecule has 0 radical (unpaired) electrons. The van der Waals surface area contributed by atoms with Crippen LogP contribution >= 0.6 is 0 Å². The predicted octanol–water partition coefficient (Wildman–Crippen LogP) is 3.37. The first-order valence-electron chi connectivity index (χ1n) is 6.30. The molecule has 1 N–H and O–H groups in total. The van der Waals surface area contributed by atoms with E-state index in [-0.39, 0.29) is 0 Å². The van der Waals surface area contributed by atoms with Gasteiger partial charge in [-0.3, -0.25) is 0 Å². The highest BCUT2D eigenvalue weighted by Crippen LogP contribution is 2.17. The first-order valence-corrected chi connectivity index (χ1v) is 6.30. The second-order valence-corrected chi connectivity index (χ2v) is 3.99. The zero-order chi connectivity index (χ0) is 11.6. The smallest absolute Gasteiger partial charge is 0.123 e. The van der Waals surface area contributed by atoms with Crippen molar-refractivity contribution in [1.82, 2.24) is 5.32 Å². The van der Waals surface area contributed by atoms with E-state index in [0.717, 1.165) is 31.9 Å². The van der Waals surface area contributed by atoms with Crippen LogP contribution in [0.3, 0.4) is 0 Å². The number of hydrogen-bond donors (Lipinski definition) is 1. The van der Waals surface area contributed by atoms with Gasteiger partial charge in [-0.1, -0.05) is 38.5 Å². The van der Waals surface area contributed by atoms with Crippen LogP contribution in [0.4, 0.5) is 0 Å². The summed E-state index contributed by atoms with van der Waals surface area (Å²) in [6.45, 7) is 7.12. The molecule has 0 aliphatic carbocycles. The number of rotatable bonds is 8. The monoisotopic (exact) mass is 221 g/mol. The SMILES string of the molecule is CCCCNCc1ccccc1OCCC. The Kier molecular flexibility index (Phi) is 6.66. The highest BCUT2D eigenvalue weighted by Gasteiger charge is 2.01.